The quantitative estimate of drug-likeness (QED) is 0.783. The molecule has 1 aliphatic heterocycles. The fourth-order valence-corrected chi connectivity index (χ4v) is 3.35. The number of thioether (sulfide) groups is 1. The lowest BCUT2D eigenvalue weighted by Crippen LogP contribution is -2.26. The molecule has 18 heavy (non-hydrogen) atoms. The number of carbonyl (C=O) groups is 2. The molecule has 96 valence electrons. The van der Waals surface area contributed by atoms with Gasteiger partial charge in [0.05, 0.1) is 11.4 Å². The van der Waals surface area contributed by atoms with Crippen LogP contribution >= 0.6 is 27.7 Å². The van der Waals surface area contributed by atoms with Crippen molar-refractivity contribution in [2.75, 3.05) is 11.4 Å². The van der Waals surface area contributed by atoms with E-state index in [1.54, 1.807) is 4.90 Å². The van der Waals surface area contributed by atoms with E-state index in [1.807, 2.05) is 19.1 Å². The van der Waals surface area contributed by atoms with E-state index in [9.17, 15) is 9.59 Å². The van der Waals surface area contributed by atoms with E-state index < -0.39 is 0 Å². The molecule has 1 unspecified atom stereocenters. The molecule has 0 bridgehead atoms. The molecule has 4 nitrogen and oxygen atoms in total. The number of halogens is 1. The standard InChI is InChI=1S/C12H13BrN2O2S/c1-7-10(3-4-11(13)14-7)15-6-9(5-12(15)17)18-8(2)16/h3-4,9H,5-6H2,1-2H3. The minimum atomic E-state index is 0.0537. The van der Waals surface area contributed by atoms with Gasteiger partial charge >= 0.3 is 0 Å². The lowest BCUT2D eigenvalue weighted by atomic mass is 10.3. The zero-order valence-electron chi connectivity index (χ0n) is 10.1. The first-order chi connectivity index (χ1) is 8.47. The van der Waals surface area contributed by atoms with Gasteiger partial charge in [-0.3, -0.25) is 9.59 Å². The summed E-state index contributed by atoms with van der Waals surface area (Å²) in [5, 5.41) is 0.110. The van der Waals surface area contributed by atoms with Crippen LogP contribution in [0, 0.1) is 6.92 Å². The summed E-state index contributed by atoms with van der Waals surface area (Å²) in [6, 6.07) is 3.70. The Hall–Kier alpha value is -0.880. The second-order valence-electron chi connectivity index (χ2n) is 4.18. The molecule has 1 fully saturated rings. The van der Waals surface area contributed by atoms with Crippen molar-refractivity contribution in [3.63, 3.8) is 0 Å². The molecule has 1 saturated heterocycles. The summed E-state index contributed by atoms with van der Waals surface area (Å²) >= 11 is 4.54. The van der Waals surface area contributed by atoms with Crippen LogP contribution in [0.5, 0.6) is 0 Å². The molecule has 2 rings (SSSR count). The highest BCUT2D eigenvalue weighted by molar-refractivity contribution is 9.10. The molecule has 1 aliphatic rings. The number of rotatable bonds is 2. The van der Waals surface area contributed by atoms with Gasteiger partial charge in [-0.15, -0.1) is 0 Å². The Morgan fingerprint density at radius 3 is 2.89 bits per heavy atom. The van der Waals surface area contributed by atoms with Crippen LogP contribution in [-0.4, -0.2) is 27.8 Å². The van der Waals surface area contributed by atoms with Crippen LogP contribution in [-0.2, 0) is 9.59 Å². The van der Waals surface area contributed by atoms with Crippen molar-refractivity contribution in [3.05, 3.63) is 22.4 Å². The van der Waals surface area contributed by atoms with E-state index in [-0.39, 0.29) is 16.3 Å². The predicted octanol–water partition coefficient (Wildman–Crippen LogP) is 2.54. The summed E-state index contributed by atoms with van der Waals surface area (Å²) in [6.07, 6.45) is 0.416. The predicted molar refractivity (Wildman–Crippen MR) is 75.7 cm³/mol. The molecular formula is C12H13BrN2O2S. The smallest absolute Gasteiger partial charge is 0.228 e. The topological polar surface area (TPSA) is 50.3 Å². The monoisotopic (exact) mass is 328 g/mol. The number of carbonyl (C=O) groups excluding carboxylic acids is 2. The van der Waals surface area contributed by atoms with E-state index in [2.05, 4.69) is 20.9 Å². The average Bonchev–Trinajstić information content (AvgIpc) is 2.58. The largest absolute Gasteiger partial charge is 0.309 e. The molecule has 0 aliphatic carbocycles. The van der Waals surface area contributed by atoms with E-state index in [4.69, 9.17) is 0 Å². The van der Waals surface area contributed by atoms with Gasteiger partial charge in [0.1, 0.15) is 4.60 Å². The van der Waals surface area contributed by atoms with Crippen molar-refractivity contribution < 1.29 is 9.59 Å². The average molecular weight is 329 g/mol. The summed E-state index contributed by atoms with van der Waals surface area (Å²) in [4.78, 5) is 29.0. The van der Waals surface area contributed by atoms with E-state index in [0.29, 0.717) is 13.0 Å². The molecule has 1 atom stereocenters. The Labute approximate surface area is 118 Å². The summed E-state index contributed by atoms with van der Waals surface area (Å²) in [5.41, 5.74) is 1.64. The molecule has 6 heteroatoms. The number of hydrogen-bond acceptors (Lipinski definition) is 4. The van der Waals surface area contributed by atoms with Crippen LogP contribution in [0.25, 0.3) is 0 Å². The summed E-state index contributed by atoms with van der Waals surface area (Å²) in [5.74, 6) is 0.0565. The Kier molecular flexibility index (Phi) is 4.07. The molecule has 2 heterocycles. The summed E-state index contributed by atoms with van der Waals surface area (Å²) in [6.45, 7) is 3.98. The first kappa shape index (κ1) is 13.5. The highest BCUT2D eigenvalue weighted by atomic mass is 79.9. The maximum absolute atomic E-state index is 12.0. The number of aryl methyl sites for hydroxylation is 1. The zero-order valence-corrected chi connectivity index (χ0v) is 12.5. The van der Waals surface area contributed by atoms with Crippen molar-refractivity contribution in [1.29, 1.82) is 0 Å². The third-order valence-electron chi connectivity index (χ3n) is 2.74. The van der Waals surface area contributed by atoms with Crippen LogP contribution in [0.1, 0.15) is 19.0 Å². The highest BCUT2D eigenvalue weighted by Gasteiger charge is 2.32. The fourth-order valence-electron chi connectivity index (χ4n) is 2.03. The number of pyridine rings is 1. The normalized spacial score (nSPS) is 19.4. The molecule has 0 spiro atoms. The first-order valence-electron chi connectivity index (χ1n) is 5.58. The van der Waals surface area contributed by atoms with Crippen molar-refractivity contribution >= 4 is 44.4 Å². The second-order valence-corrected chi connectivity index (χ2v) is 6.47. The summed E-state index contributed by atoms with van der Waals surface area (Å²) in [7, 11) is 0. The Balaban J connectivity index is 2.19. The Morgan fingerprint density at radius 2 is 2.28 bits per heavy atom. The Morgan fingerprint density at radius 1 is 1.56 bits per heavy atom. The van der Waals surface area contributed by atoms with Crippen molar-refractivity contribution in [2.24, 2.45) is 0 Å². The van der Waals surface area contributed by atoms with Gasteiger partial charge in [-0.25, -0.2) is 4.98 Å². The molecule has 1 amide bonds. The van der Waals surface area contributed by atoms with Gasteiger partial charge in [0.15, 0.2) is 5.12 Å². The third-order valence-corrected chi connectivity index (χ3v) is 4.16. The first-order valence-corrected chi connectivity index (χ1v) is 7.25. The van der Waals surface area contributed by atoms with Crippen molar-refractivity contribution in [2.45, 2.75) is 25.5 Å². The van der Waals surface area contributed by atoms with Crippen LogP contribution in [0.2, 0.25) is 0 Å². The second kappa shape index (κ2) is 5.40. The number of hydrogen-bond donors (Lipinski definition) is 0. The number of aromatic nitrogens is 1. The van der Waals surface area contributed by atoms with Crippen LogP contribution < -0.4 is 4.90 Å². The van der Waals surface area contributed by atoms with Gasteiger partial charge < -0.3 is 4.90 Å². The molecule has 1 aromatic heterocycles. The van der Waals surface area contributed by atoms with Gasteiger partial charge in [-0.2, -0.15) is 0 Å². The molecular weight excluding hydrogens is 316 g/mol. The maximum Gasteiger partial charge on any atom is 0.228 e. The third kappa shape index (κ3) is 2.92. The van der Waals surface area contributed by atoms with Crippen LogP contribution in [0.3, 0.4) is 0 Å². The molecule has 0 aromatic carbocycles. The van der Waals surface area contributed by atoms with Crippen molar-refractivity contribution in [1.82, 2.24) is 4.98 Å². The summed E-state index contributed by atoms with van der Waals surface area (Å²) < 4.78 is 0.755. The maximum atomic E-state index is 12.0. The van der Waals surface area contributed by atoms with Crippen LogP contribution in [0.15, 0.2) is 16.7 Å². The van der Waals surface area contributed by atoms with E-state index in [1.165, 1.54) is 18.7 Å². The highest BCUT2D eigenvalue weighted by Crippen LogP contribution is 2.30. The SMILES string of the molecule is CC(=O)SC1CC(=O)N(c2ccc(Br)nc2C)C1. The Bertz CT molecular complexity index is 507. The minimum absolute atomic E-state index is 0.0537. The van der Waals surface area contributed by atoms with Gasteiger partial charge in [0, 0.05) is 25.1 Å². The lowest BCUT2D eigenvalue weighted by Gasteiger charge is -2.18. The van der Waals surface area contributed by atoms with Crippen molar-refractivity contribution in [3.8, 4) is 0 Å². The minimum Gasteiger partial charge on any atom is -0.309 e. The van der Waals surface area contributed by atoms with Gasteiger partial charge in [-0.1, -0.05) is 11.8 Å². The molecule has 0 radical (unpaired) electrons. The lowest BCUT2D eigenvalue weighted by molar-refractivity contribution is -0.117. The number of amides is 1. The van der Waals surface area contributed by atoms with E-state index >= 15 is 0 Å². The van der Waals surface area contributed by atoms with Gasteiger partial charge in [0.25, 0.3) is 0 Å². The zero-order chi connectivity index (χ0) is 13.3. The molecule has 0 saturated carbocycles. The van der Waals surface area contributed by atoms with Crippen LogP contribution in [0.4, 0.5) is 5.69 Å². The molecule has 1 aromatic rings. The van der Waals surface area contributed by atoms with Gasteiger partial charge in [0.2, 0.25) is 5.91 Å². The van der Waals surface area contributed by atoms with Gasteiger partial charge in [-0.05, 0) is 35.0 Å². The van der Waals surface area contributed by atoms with E-state index in [0.717, 1.165) is 16.0 Å². The molecule has 0 N–H and O–H groups in total. The number of anilines is 1. The number of nitrogens with zero attached hydrogens (tertiary/aromatic N) is 2. The fraction of sp³-hybridized carbons (Fsp3) is 0.417.